The maximum Gasteiger partial charge on any atom is 0.319 e. The lowest BCUT2D eigenvalue weighted by molar-refractivity contribution is -0.00414. The van der Waals surface area contributed by atoms with E-state index in [2.05, 4.69) is 10.6 Å². The first-order valence-electron chi connectivity index (χ1n) is 7.46. The number of rotatable bonds is 5. The summed E-state index contributed by atoms with van der Waals surface area (Å²) in [5, 5.41) is 16.3. The quantitative estimate of drug-likeness (QED) is 0.794. The van der Waals surface area contributed by atoms with Crippen molar-refractivity contribution in [2.75, 3.05) is 11.9 Å². The van der Waals surface area contributed by atoms with Crippen LogP contribution in [0, 0.1) is 12.8 Å². The molecule has 5 nitrogen and oxygen atoms in total. The van der Waals surface area contributed by atoms with Crippen LogP contribution in [0.15, 0.2) is 47.1 Å². The van der Waals surface area contributed by atoms with Crippen LogP contribution in [0.25, 0.3) is 0 Å². The van der Waals surface area contributed by atoms with Crippen molar-refractivity contribution in [3.05, 3.63) is 54.0 Å². The third-order valence-electron chi connectivity index (χ3n) is 4.03. The fraction of sp³-hybridized carbons (Fsp3) is 0.353. The number of aryl methyl sites for hydroxylation is 1. The molecule has 0 spiro atoms. The van der Waals surface area contributed by atoms with Gasteiger partial charge in [-0.2, -0.15) is 0 Å². The van der Waals surface area contributed by atoms with Crippen molar-refractivity contribution in [3.63, 3.8) is 0 Å². The summed E-state index contributed by atoms with van der Waals surface area (Å²) >= 11 is 0. The summed E-state index contributed by atoms with van der Waals surface area (Å²) in [6, 6.07) is 10.7. The predicted molar refractivity (Wildman–Crippen MR) is 83.5 cm³/mol. The van der Waals surface area contributed by atoms with Gasteiger partial charge in [0, 0.05) is 5.69 Å². The van der Waals surface area contributed by atoms with Gasteiger partial charge < -0.3 is 20.2 Å². The summed E-state index contributed by atoms with van der Waals surface area (Å²) in [7, 11) is 0. The van der Waals surface area contributed by atoms with Gasteiger partial charge in [-0.3, -0.25) is 0 Å². The fourth-order valence-electron chi connectivity index (χ4n) is 2.55. The highest BCUT2D eigenvalue weighted by Crippen LogP contribution is 2.45. The molecule has 1 fully saturated rings. The minimum absolute atomic E-state index is 0.128. The number of hydrogen-bond acceptors (Lipinski definition) is 3. The van der Waals surface area contributed by atoms with E-state index < -0.39 is 5.60 Å². The van der Waals surface area contributed by atoms with Crippen molar-refractivity contribution in [2.45, 2.75) is 25.4 Å². The third kappa shape index (κ3) is 3.14. The Morgan fingerprint density at radius 3 is 2.64 bits per heavy atom. The highest BCUT2D eigenvalue weighted by Gasteiger charge is 2.47. The molecule has 0 saturated heterocycles. The minimum atomic E-state index is -1.13. The van der Waals surface area contributed by atoms with Gasteiger partial charge in [-0.05, 0) is 49.9 Å². The van der Waals surface area contributed by atoms with Gasteiger partial charge in [0.2, 0.25) is 0 Å². The van der Waals surface area contributed by atoms with Gasteiger partial charge in [0.15, 0.2) is 0 Å². The second-order valence-corrected chi connectivity index (χ2v) is 5.85. The zero-order valence-corrected chi connectivity index (χ0v) is 12.5. The minimum Gasteiger partial charge on any atom is -0.466 e. The number of carbonyl (C=O) groups is 1. The second-order valence-electron chi connectivity index (χ2n) is 5.85. The standard InChI is InChI=1S/C17H20N2O3/c1-12-4-8-14(9-5-12)19-16(20)18-11-17(21,13-6-7-13)15-3-2-10-22-15/h2-5,8-10,13,21H,6-7,11H2,1H3,(H2,18,19,20). The highest BCUT2D eigenvalue weighted by atomic mass is 16.4. The van der Waals surface area contributed by atoms with E-state index in [1.54, 1.807) is 12.1 Å². The molecule has 22 heavy (non-hydrogen) atoms. The summed E-state index contributed by atoms with van der Waals surface area (Å²) in [5.74, 6) is 0.643. The smallest absolute Gasteiger partial charge is 0.319 e. The van der Waals surface area contributed by atoms with E-state index in [9.17, 15) is 9.90 Å². The van der Waals surface area contributed by atoms with E-state index in [1.807, 2.05) is 31.2 Å². The molecule has 1 unspecified atom stereocenters. The van der Waals surface area contributed by atoms with Gasteiger partial charge in [-0.25, -0.2) is 4.79 Å². The molecule has 1 saturated carbocycles. The van der Waals surface area contributed by atoms with Crippen LogP contribution in [0.5, 0.6) is 0 Å². The Balaban J connectivity index is 1.60. The van der Waals surface area contributed by atoms with E-state index >= 15 is 0 Å². The number of aliphatic hydroxyl groups is 1. The average molecular weight is 300 g/mol. The molecular weight excluding hydrogens is 280 g/mol. The SMILES string of the molecule is Cc1ccc(NC(=O)NCC(O)(c2ccco2)C2CC2)cc1. The number of nitrogens with one attached hydrogen (secondary N) is 2. The zero-order valence-electron chi connectivity index (χ0n) is 12.5. The molecule has 1 atom stereocenters. The summed E-state index contributed by atoms with van der Waals surface area (Å²) in [4.78, 5) is 12.0. The van der Waals surface area contributed by atoms with Crippen molar-refractivity contribution in [1.82, 2.24) is 5.32 Å². The van der Waals surface area contributed by atoms with Gasteiger partial charge in [0.1, 0.15) is 11.4 Å². The highest BCUT2D eigenvalue weighted by molar-refractivity contribution is 5.89. The maximum atomic E-state index is 12.0. The molecule has 3 N–H and O–H groups in total. The molecule has 0 aliphatic heterocycles. The fourth-order valence-corrected chi connectivity index (χ4v) is 2.55. The van der Waals surface area contributed by atoms with Crippen LogP contribution in [-0.2, 0) is 5.60 Å². The second kappa shape index (κ2) is 5.85. The summed E-state index contributed by atoms with van der Waals surface area (Å²) in [6.07, 6.45) is 3.42. The molecule has 2 amide bonds. The lowest BCUT2D eigenvalue weighted by Gasteiger charge is -2.26. The number of carbonyl (C=O) groups excluding carboxylic acids is 1. The van der Waals surface area contributed by atoms with Crippen LogP contribution in [0.4, 0.5) is 10.5 Å². The third-order valence-corrected chi connectivity index (χ3v) is 4.03. The first-order valence-corrected chi connectivity index (χ1v) is 7.46. The molecule has 0 bridgehead atoms. The maximum absolute atomic E-state index is 12.0. The number of anilines is 1. The van der Waals surface area contributed by atoms with E-state index in [4.69, 9.17) is 4.42 Å². The molecule has 1 aliphatic carbocycles. The Labute approximate surface area is 129 Å². The van der Waals surface area contributed by atoms with E-state index in [0.29, 0.717) is 5.76 Å². The molecule has 1 aromatic carbocycles. The van der Waals surface area contributed by atoms with Crippen molar-refractivity contribution < 1.29 is 14.3 Å². The zero-order chi connectivity index (χ0) is 15.6. The van der Waals surface area contributed by atoms with Crippen LogP contribution in [-0.4, -0.2) is 17.7 Å². The molecule has 1 aliphatic rings. The average Bonchev–Trinajstić information content (AvgIpc) is 3.22. The van der Waals surface area contributed by atoms with E-state index in [-0.39, 0.29) is 18.5 Å². The Kier molecular flexibility index (Phi) is 3.90. The first-order chi connectivity index (χ1) is 10.6. The largest absolute Gasteiger partial charge is 0.466 e. The van der Waals surface area contributed by atoms with Crippen LogP contribution < -0.4 is 10.6 Å². The summed E-state index contributed by atoms with van der Waals surface area (Å²) in [6.45, 7) is 2.12. The molecule has 116 valence electrons. The molecule has 1 aromatic heterocycles. The van der Waals surface area contributed by atoms with Crippen molar-refractivity contribution in [1.29, 1.82) is 0 Å². The van der Waals surface area contributed by atoms with Crippen molar-refractivity contribution >= 4 is 11.7 Å². The van der Waals surface area contributed by atoms with E-state index in [0.717, 1.165) is 24.1 Å². The summed E-state index contributed by atoms with van der Waals surface area (Å²) < 4.78 is 5.34. The van der Waals surface area contributed by atoms with Crippen molar-refractivity contribution in [3.8, 4) is 0 Å². The lowest BCUT2D eigenvalue weighted by Crippen LogP contribution is -2.43. The number of furan rings is 1. The summed E-state index contributed by atoms with van der Waals surface area (Å²) in [5.41, 5.74) is 0.719. The Morgan fingerprint density at radius 2 is 2.05 bits per heavy atom. The number of amides is 2. The van der Waals surface area contributed by atoms with Crippen LogP contribution in [0.1, 0.15) is 24.2 Å². The normalized spacial score (nSPS) is 16.8. The Hall–Kier alpha value is -2.27. The molecule has 1 heterocycles. The van der Waals surface area contributed by atoms with Gasteiger partial charge in [0.05, 0.1) is 12.8 Å². The Morgan fingerprint density at radius 1 is 1.32 bits per heavy atom. The van der Waals surface area contributed by atoms with Gasteiger partial charge >= 0.3 is 6.03 Å². The number of hydrogen-bond donors (Lipinski definition) is 3. The molecule has 5 heteroatoms. The van der Waals surface area contributed by atoms with Gasteiger partial charge in [-0.15, -0.1) is 0 Å². The van der Waals surface area contributed by atoms with Gasteiger partial charge in [-0.1, -0.05) is 17.7 Å². The van der Waals surface area contributed by atoms with Crippen molar-refractivity contribution in [2.24, 2.45) is 5.92 Å². The predicted octanol–water partition coefficient (Wildman–Crippen LogP) is 3.01. The van der Waals surface area contributed by atoms with Gasteiger partial charge in [0.25, 0.3) is 0 Å². The molecule has 2 aromatic rings. The van der Waals surface area contributed by atoms with Crippen LogP contribution in [0.3, 0.4) is 0 Å². The van der Waals surface area contributed by atoms with E-state index in [1.165, 1.54) is 6.26 Å². The topological polar surface area (TPSA) is 74.5 Å². The lowest BCUT2D eigenvalue weighted by atomic mass is 9.94. The molecule has 0 radical (unpaired) electrons. The molecule has 3 rings (SSSR count). The van der Waals surface area contributed by atoms with Crippen LogP contribution in [0.2, 0.25) is 0 Å². The first kappa shape index (κ1) is 14.7. The Bertz CT molecular complexity index is 632. The van der Waals surface area contributed by atoms with Crippen LogP contribution >= 0.6 is 0 Å². The monoisotopic (exact) mass is 300 g/mol. The number of benzene rings is 1. The molecular formula is C17H20N2O3. The number of urea groups is 1.